The zero-order valence-corrected chi connectivity index (χ0v) is 18.6. The standard InChI is InChI=1S/C26H28N2O4/c1-4-28-23(29)20-21(24(28)30)26(25(31)32,13-14(2)3)27-22(20)16-9-10-19-17(12-16)11-15-7-5-6-8-18(15)19/h5-10,12,14,20-22,27H,4,11,13H2,1-3H3,(H,31,32). The minimum absolute atomic E-state index is 0.0473. The summed E-state index contributed by atoms with van der Waals surface area (Å²) in [7, 11) is 0. The molecule has 6 nitrogen and oxygen atoms in total. The number of carboxylic acid groups (broad SMARTS) is 1. The first-order valence-electron chi connectivity index (χ1n) is 11.4. The highest BCUT2D eigenvalue weighted by Crippen LogP contribution is 2.51. The number of benzene rings is 2. The molecule has 2 aliphatic heterocycles. The molecule has 2 amide bonds. The lowest BCUT2D eigenvalue weighted by Gasteiger charge is -2.32. The maximum absolute atomic E-state index is 13.3. The van der Waals surface area contributed by atoms with Gasteiger partial charge in [-0.05, 0) is 53.5 Å². The summed E-state index contributed by atoms with van der Waals surface area (Å²) >= 11 is 0. The summed E-state index contributed by atoms with van der Waals surface area (Å²) in [6.45, 7) is 5.91. The van der Waals surface area contributed by atoms with E-state index in [-0.39, 0.29) is 30.7 Å². The lowest BCUT2D eigenvalue weighted by molar-refractivity contribution is -0.152. The van der Waals surface area contributed by atoms with Crippen LogP contribution in [0.2, 0.25) is 0 Å². The fourth-order valence-electron chi connectivity index (χ4n) is 6.13. The Morgan fingerprint density at radius 2 is 1.84 bits per heavy atom. The Balaban J connectivity index is 1.60. The molecule has 166 valence electrons. The van der Waals surface area contributed by atoms with Gasteiger partial charge in [-0.1, -0.05) is 56.3 Å². The first-order valence-corrected chi connectivity index (χ1v) is 11.4. The van der Waals surface area contributed by atoms with Crippen molar-refractivity contribution in [2.24, 2.45) is 17.8 Å². The van der Waals surface area contributed by atoms with E-state index in [0.29, 0.717) is 0 Å². The van der Waals surface area contributed by atoms with Gasteiger partial charge in [-0.2, -0.15) is 0 Å². The van der Waals surface area contributed by atoms with Crippen LogP contribution < -0.4 is 5.32 Å². The molecule has 2 heterocycles. The highest BCUT2D eigenvalue weighted by Gasteiger charge is 2.68. The molecule has 0 spiro atoms. The van der Waals surface area contributed by atoms with Crippen molar-refractivity contribution in [3.63, 3.8) is 0 Å². The van der Waals surface area contributed by atoms with E-state index in [1.165, 1.54) is 27.2 Å². The van der Waals surface area contributed by atoms with E-state index in [4.69, 9.17) is 0 Å². The van der Waals surface area contributed by atoms with Gasteiger partial charge in [-0.15, -0.1) is 0 Å². The van der Waals surface area contributed by atoms with Crippen molar-refractivity contribution in [1.82, 2.24) is 10.2 Å². The lowest BCUT2D eigenvalue weighted by Crippen LogP contribution is -2.56. The monoisotopic (exact) mass is 432 g/mol. The Morgan fingerprint density at radius 3 is 2.53 bits per heavy atom. The first-order chi connectivity index (χ1) is 15.3. The van der Waals surface area contributed by atoms with E-state index in [0.717, 1.165) is 12.0 Å². The second kappa shape index (κ2) is 7.27. The molecule has 2 fully saturated rings. The maximum Gasteiger partial charge on any atom is 0.324 e. The van der Waals surface area contributed by atoms with Gasteiger partial charge >= 0.3 is 5.97 Å². The van der Waals surface area contributed by atoms with Crippen LogP contribution in [0, 0.1) is 17.8 Å². The molecule has 0 radical (unpaired) electrons. The largest absolute Gasteiger partial charge is 0.480 e. The van der Waals surface area contributed by atoms with Crippen LogP contribution in [-0.2, 0) is 20.8 Å². The second-order valence-electron chi connectivity index (χ2n) is 9.67. The Morgan fingerprint density at radius 1 is 1.12 bits per heavy atom. The molecular weight excluding hydrogens is 404 g/mol. The summed E-state index contributed by atoms with van der Waals surface area (Å²) in [6, 6.07) is 13.9. The Labute approximate surface area is 187 Å². The predicted molar refractivity (Wildman–Crippen MR) is 120 cm³/mol. The van der Waals surface area contributed by atoms with Gasteiger partial charge < -0.3 is 5.11 Å². The summed E-state index contributed by atoms with van der Waals surface area (Å²) in [4.78, 5) is 40.4. The number of nitrogens with zero attached hydrogens (tertiary/aromatic N) is 1. The number of hydrogen-bond donors (Lipinski definition) is 2. The summed E-state index contributed by atoms with van der Waals surface area (Å²) in [5.41, 5.74) is 4.24. The third-order valence-corrected chi connectivity index (χ3v) is 7.35. The highest BCUT2D eigenvalue weighted by atomic mass is 16.4. The molecular formula is C26H28N2O4. The van der Waals surface area contributed by atoms with Crippen LogP contribution in [0.5, 0.6) is 0 Å². The third kappa shape index (κ3) is 2.78. The number of nitrogens with one attached hydrogen (secondary N) is 1. The van der Waals surface area contributed by atoms with E-state index in [1.807, 2.05) is 32.0 Å². The number of aliphatic carboxylic acids is 1. The van der Waals surface area contributed by atoms with Crippen LogP contribution in [0.25, 0.3) is 11.1 Å². The van der Waals surface area contributed by atoms with E-state index in [1.54, 1.807) is 6.92 Å². The van der Waals surface area contributed by atoms with Crippen molar-refractivity contribution in [3.05, 3.63) is 59.2 Å². The molecule has 0 aromatic heterocycles. The third-order valence-electron chi connectivity index (χ3n) is 7.35. The Hall–Kier alpha value is -2.99. The summed E-state index contributed by atoms with van der Waals surface area (Å²) in [5.74, 6) is -3.25. The fraction of sp³-hybridized carbons (Fsp3) is 0.423. The minimum atomic E-state index is -1.46. The van der Waals surface area contributed by atoms with E-state index >= 15 is 0 Å². The van der Waals surface area contributed by atoms with Gasteiger partial charge in [-0.25, -0.2) is 0 Å². The number of carbonyl (C=O) groups is 3. The van der Waals surface area contributed by atoms with Gasteiger partial charge in [0.05, 0.1) is 11.8 Å². The quantitative estimate of drug-likeness (QED) is 0.604. The van der Waals surface area contributed by atoms with Crippen LogP contribution in [-0.4, -0.2) is 39.9 Å². The first kappa shape index (κ1) is 20.9. The van der Waals surface area contributed by atoms with Crippen LogP contribution in [0.3, 0.4) is 0 Å². The number of hydrogen-bond acceptors (Lipinski definition) is 4. The van der Waals surface area contributed by atoms with Crippen LogP contribution in [0.1, 0.15) is 49.9 Å². The number of carboxylic acids is 1. The molecule has 5 rings (SSSR count). The molecule has 0 bridgehead atoms. The molecule has 6 heteroatoms. The lowest BCUT2D eigenvalue weighted by atomic mass is 9.75. The van der Waals surface area contributed by atoms with Crippen LogP contribution in [0.15, 0.2) is 42.5 Å². The zero-order chi connectivity index (χ0) is 22.8. The Bertz CT molecular complexity index is 1140. The molecule has 0 saturated carbocycles. The van der Waals surface area contributed by atoms with Crippen molar-refractivity contribution >= 4 is 17.8 Å². The zero-order valence-electron chi connectivity index (χ0n) is 18.6. The molecule has 4 atom stereocenters. The van der Waals surface area contributed by atoms with Gasteiger partial charge in [0.1, 0.15) is 5.54 Å². The molecule has 3 aliphatic rings. The average Bonchev–Trinajstić information content (AvgIpc) is 3.37. The molecule has 1 aliphatic carbocycles. The number of fused-ring (bicyclic) bond motifs is 4. The number of carbonyl (C=O) groups excluding carboxylic acids is 2. The van der Waals surface area contributed by atoms with Crippen molar-refractivity contribution in [3.8, 4) is 11.1 Å². The average molecular weight is 433 g/mol. The minimum Gasteiger partial charge on any atom is -0.480 e. The van der Waals surface area contributed by atoms with E-state index < -0.39 is 29.4 Å². The predicted octanol–water partition coefficient (Wildman–Crippen LogP) is 3.39. The fourth-order valence-corrected chi connectivity index (χ4v) is 6.13. The molecule has 32 heavy (non-hydrogen) atoms. The number of amides is 2. The van der Waals surface area contributed by atoms with E-state index in [9.17, 15) is 19.5 Å². The topological polar surface area (TPSA) is 86.7 Å². The van der Waals surface area contributed by atoms with Gasteiger partial charge in [-0.3, -0.25) is 24.6 Å². The number of rotatable bonds is 5. The summed E-state index contributed by atoms with van der Waals surface area (Å²) < 4.78 is 0. The maximum atomic E-state index is 13.3. The van der Waals surface area contributed by atoms with E-state index in [2.05, 4.69) is 29.6 Å². The van der Waals surface area contributed by atoms with Crippen LogP contribution in [0.4, 0.5) is 0 Å². The number of imide groups is 1. The van der Waals surface area contributed by atoms with Crippen molar-refractivity contribution < 1.29 is 19.5 Å². The molecule has 2 aromatic rings. The molecule has 4 unspecified atom stereocenters. The van der Waals surface area contributed by atoms with Gasteiger partial charge in [0.15, 0.2) is 0 Å². The smallest absolute Gasteiger partial charge is 0.324 e. The number of likely N-dealkylation sites (tertiary alicyclic amines) is 1. The second-order valence-corrected chi connectivity index (χ2v) is 9.67. The summed E-state index contributed by atoms with van der Waals surface area (Å²) in [6.07, 6.45) is 1.09. The van der Waals surface area contributed by atoms with Crippen molar-refractivity contribution in [2.75, 3.05) is 6.54 Å². The SMILES string of the molecule is CCN1C(=O)C2C(c3ccc4c(c3)Cc3ccccc3-4)NC(CC(C)C)(C(=O)O)C2C1=O. The molecule has 2 N–H and O–H groups in total. The molecule has 2 aromatic carbocycles. The van der Waals surface area contributed by atoms with Gasteiger partial charge in [0.2, 0.25) is 11.8 Å². The Kier molecular flexibility index (Phi) is 4.75. The highest BCUT2D eigenvalue weighted by molar-refractivity contribution is 6.09. The van der Waals surface area contributed by atoms with Crippen molar-refractivity contribution in [1.29, 1.82) is 0 Å². The summed E-state index contributed by atoms with van der Waals surface area (Å²) in [5, 5.41) is 13.6. The molecule has 2 saturated heterocycles. The van der Waals surface area contributed by atoms with Gasteiger partial charge in [0.25, 0.3) is 0 Å². The van der Waals surface area contributed by atoms with Gasteiger partial charge in [0, 0.05) is 12.6 Å². The normalized spacial score (nSPS) is 28.2. The van der Waals surface area contributed by atoms with Crippen molar-refractivity contribution in [2.45, 2.75) is 45.2 Å². The van der Waals surface area contributed by atoms with Crippen LogP contribution >= 0.6 is 0 Å².